The van der Waals surface area contributed by atoms with E-state index in [0.717, 1.165) is 11.5 Å². The monoisotopic (exact) mass is 350 g/mol. The van der Waals surface area contributed by atoms with Crippen LogP contribution in [0.25, 0.3) is 0 Å². The molecule has 1 rings (SSSR count). The molecule has 0 aliphatic rings. The minimum atomic E-state index is 0.261. The number of rotatable bonds is 5. The number of hydrogen-bond donors (Lipinski definition) is 0. The molecule has 2 nitrogen and oxygen atoms in total. The fraction of sp³-hybridized carbons (Fsp3) is 0.500. The fourth-order valence-corrected chi connectivity index (χ4v) is 1.99. The van der Waals surface area contributed by atoms with Crippen LogP contribution in [0.5, 0.6) is 11.5 Å². The van der Waals surface area contributed by atoms with Gasteiger partial charge in [0, 0.05) is 4.83 Å². The third-order valence-corrected chi connectivity index (χ3v) is 4.77. The molecule has 1 aromatic rings. The van der Waals surface area contributed by atoms with Gasteiger partial charge in [0.2, 0.25) is 0 Å². The van der Waals surface area contributed by atoms with E-state index in [2.05, 4.69) is 38.8 Å². The Morgan fingerprint density at radius 2 is 1.94 bits per heavy atom. The zero-order chi connectivity index (χ0) is 12.1. The summed E-state index contributed by atoms with van der Waals surface area (Å²) in [5.41, 5.74) is 1.17. The first-order valence-electron chi connectivity index (χ1n) is 5.19. The Kier molecular flexibility index (Phi) is 5.62. The van der Waals surface area contributed by atoms with Gasteiger partial charge in [-0.25, -0.2) is 0 Å². The van der Waals surface area contributed by atoms with Gasteiger partial charge in [0.05, 0.1) is 18.5 Å². The topological polar surface area (TPSA) is 18.5 Å². The molecule has 0 fully saturated rings. The lowest BCUT2D eigenvalue weighted by Gasteiger charge is -2.16. The van der Waals surface area contributed by atoms with Crippen molar-refractivity contribution in [3.8, 4) is 11.5 Å². The summed E-state index contributed by atoms with van der Waals surface area (Å²) in [6, 6.07) is 5.99. The number of alkyl halides is 2. The van der Waals surface area contributed by atoms with Gasteiger partial charge in [0.25, 0.3) is 0 Å². The second-order valence-electron chi connectivity index (χ2n) is 3.42. The molecule has 2 unspecified atom stereocenters. The summed E-state index contributed by atoms with van der Waals surface area (Å²) in [7, 11) is 1.66. The zero-order valence-electron chi connectivity index (χ0n) is 9.67. The highest BCUT2D eigenvalue weighted by atomic mass is 79.9. The maximum Gasteiger partial charge on any atom is 0.161 e. The summed E-state index contributed by atoms with van der Waals surface area (Å²) in [6.07, 6.45) is 0. The molecule has 0 amide bonds. The Labute approximate surface area is 114 Å². The maximum atomic E-state index is 5.47. The highest BCUT2D eigenvalue weighted by Crippen LogP contribution is 2.36. The summed E-state index contributed by atoms with van der Waals surface area (Å²) in [5, 5.41) is 0. The fourth-order valence-electron chi connectivity index (χ4n) is 1.40. The second-order valence-corrected chi connectivity index (χ2v) is 5.85. The van der Waals surface area contributed by atoms with Crippen molar-refractivity contribution in [1.29, 1.82) is 0 Å². The molecule has 90 valence electrons. The van der Waals surface area contributed by atoms with Crippen molar-refractivity contribution in [3.63, 3.8) is 0 Å². The van der Waals surface area contributed by atoms with Crippen LogP contribution in [0.1, 0.15) is 24.2 Å². The molecule has 0 aromatic heterocycles. The van der Waals surface area contributed by atoms with Gasteiger partial charge in [0.15, 0.2) is 11.5 Å². The molecule has 0 aliphatic heterocycles. The number of ether oxygens (including phenoxy) is 2. The first kappa shape index (κ1) is 13.8. The minimum absolute atomic E-state index is 0.261. The number of halogens is 2. The molecule has 0 N–H and O–H groups in total. The van der Waals surface area contributed by atoms with E-state index in [9.17, 15) is 0 Å². The van der Waals surface area contributed by atoms with E-state index < -0.39 is 0 Å². The molecule has 0 saturated heterocycles. The summed E-state index contributed by atoms with van der Waals surface area (Å²) >= 11 is 7.19. The SMILES string of the molecule is CCOc1ccc(C(Br)C(C)Br)cc1OC. The molecule has 0 saturated carbocycles. The summed E-state index contributed by atoms with van der Waals surface area (Å²) in [4.78, 5) is 0.618. The molecule has 0 radical (unpaired) electrons. The highest BCUT2D eigenvalue weighted by molar-refractivity contribution is 9.12. The van der Waals surface area contributed by atoms with Crippen molar-refractivity contribution in [2.75, 3.05) is 13.7 Å². The lowest BCUT2D eigenvalue weighted by molar-refractivity contribution is 0.310. The van der Waals surface area contributed by atoms with Gasteiger partial charge >= 0.3 is 0 Å². The third-order valence-electron chi connectivity index (χ3n) is 2.21. The van der Waals surface area contributed by atoms with Crippen LogP contribution in [0.15, 0.2) is 18.2 Å². The zero-order valence-corrected chi connectivity index (χ0v) is 12.8. The van der Waals surface area contributed by atoms with Crippen LogP contribution in [0.2, 0.25) is 0 Å². The first-order chi connectivity index (χ1) is 7.60. The predicted molar refractivity (Wildman–Crippen MR) is 74.2 cm³/mol. The molecule has 0 bridgehead atoms. The van der Waals surface area contributed by atoms with Gasteiger partial charge in [-0.1, -0.05) is 44.8 Å². The smallest absolute Gasteiger partial charge is 0.161 e. The van der Waals surface area contributed by atoms with E-state index >= 15 is 0 Å². The van der Waals surface area contributed by atoms with E-state index in [1.54, 1.807) is 7.11 Å². The van der Waals surface area contributed by atoms with Crippen LogP contribution < -0.4 is 9.47 Å². The van der Waals surface area contributed by atoms with Crippen LogP contribution in [-0.2, 0) is 0 Å². The quantitative estimate of drug-likeness (QED) is 0.736. The lowest BCUT2D eigenvalue weighted by Crippen LogP contribution is -2.02. The van der Waals surface area contributed by atoms with Crippen molar-refractivity contribution in [2.45, 2.75) is 23.5 Å². The second kappa shape index (κ2) is 6.50. The Balaban J connectivity index is 2.99. The third kappa shape index (κ3) is 3.39. The van der Waals surface area contributed by atoms with Crippen molar-refractivity contribution >= 4 is 31.9 Å². The lowest BCUT2D eigenvalue weighted by atomic mass is 10.1. The molecule has 1 aromatic carbocycles. The average molecular weight is 352 g/mol. The van der Waals surface area contributed by atoms with Gasteiger partial charge in [-0.2, -0.15) is 0 Å². The normalized spacial score (nSPS) is 14.3. The van der Waals surface area contributed by atoms with Gasteiger partial charge < -0.3 is 9.47 Å². The number of hydrogen-bond acceptors (Lipinski definition) is 2. The van der Waals surface area contributed by atoms with Crippen LogP contribution in [0.3, 0.4) is 0 Å². The van der Waals surface area contributed by atoms with Crippen molar-refractivity contribution in [3.05, 3.63) is 23.8 Å². The van der Waals surface area contributed by atoms with E-state index in [1.165, 1.54) is 5.56 Å². The Hall–Kier alpha value is -0.220. The first-order valence-corrected chi connectivity index (χ1v) is 7.02. The van der Waals surface area contributed by atoms with Crippen LogP contribution >= 0.6 is 31.9 Å². The highest BCUT2D eigenvalue weighted by Gasteiger charge is 2.15. The molecule has 0 heterocycles. The maximum absolute atomic E-state index is 5.47. The van der Waals surface area contributed by atoms with Gasteiger partial charge in [-0.3, -0.25) is 0 Å². The van der Waals surface area contributed by atoms with E-state index in [0.29, 0.717) is 11.4 Å². The molecule has 0 spiro atoms. The van der Waals surface area contributed by atoms with E-state index in [4.69, 9.17) is 9.47 Å². The minimum Gasteiger partial charge on any atom is -0.493 e. The standard InChI is InChI=1S/C12H16Br2O2/c1-4-16-10-6-5-9(7-11(10)15-3)12(14)8(2)13/h5-8,12H,4H2,1-3H3. The van der Waals surface area contributed by atoms with Crippen LogP contribution in [0, 0.1) is 0 Å². The number of methoxy groups -OCH3 is 1. The van der Waals surface area contributed by atoms with E-state index in [1.807, 2.05) is 25.1 Å². The average Bonchev–Trinajstić information content (AvgIpc) is 2.29. The molecule has 0 aliphatic carbocycles. The molecule has 16 heavy (non-hydrogen) atoms. The molecule has 4 heteroatoms. The van der Waals surface area contributed by atoms with Gasteiger partial charge in [-0.05, 0) is 24.6 Å². The van der Waals surface area contributed by atoms with E-state index in [-0.39, 0.29) is 4.83 Å². The van der Waals surface area contributed by atoms with Gasteiger partial charge in [0.1, 0.15) is 0 Å². The number of benzene rings is 1. The Bertz CT molecular complexity index is 340. The van der Waals surface area contributed by atoms with Crippen molar-refractivity contribution in [2.24, 2.45) is 0 Å². The largest absolute Gasteiger partial charge is 0.493 e. The van der Waals surface area contributed by atoms with Gasteiger partial charge in [-0.15, -0.1) is 0 Å². The predicted octanol–water partition coefficient (Wildman–Crippen LogP) is 4.31. The van der Waals surface area contributed by atoms with Crippen molar-refractivity contribution in [1.82, 2.24) is 0 Å². The summed E-state index contributed by atoms with van der Waals surface area (Å²) in [6.45, 7) is 4.70. The Morgan fingerprint density at radius 3 is 2.44 bits per heavy atom. The van der Waals surface area contributed by atoms with Crippen LogP contribution in [-0.4, -0.2) is 18.5 Å². The summed E-state index contributed by atoms with van der Waals surface area (Å²) < 4.78 is 10.8. The van der Waals surface area contributed by atoms with Crippen LogP contribution in [0.4, 0.5) is 0 Å². The van der Waals surface area contributed by atoms with Crippen molar-refractivity contribution < 1.29 is 9.47 Å². The molecular formula is C12H16Br2O2. The molecule has 2 atom stereocenters. The molecular weight excluding hydrogens is 336 g/mol. The summed E-state index contributed by atoms with van der Waals surface area (Å²) in [5.74, 6) is 1.56. The Morgan fingerprint density at radius 1 is 1.25 bits per heavy atom.